The van der Waals surface area contributed by atoms with Crippen molar-refractivity contribution >= 4 is 11.8 Å². The van der Waals surface area contributed by atoms with Gasteiger partial charge in [-0.05, 0) is 19.3 Å². The lowest BCUT2D eigenvalue weighted by Crippen LogP contribution is -2.38. The van der Waals surface area contributed by atoms with E-state index in [-0.39, 0.29) is 12.6 Å². The molecule has 110 valence electrons. The fourth-order valence-electron chi connectivity index (χ4n) is 2.51. The Morgan fingerprint density at radius 2 is 2.20 bits per heavy atom. The molecule has 1 aliphatic rings. The van der Waals surface area contributed by atoms with Crippen LogP contribution in [0.5, 0.6) is 5.88 Å². The third-order valence-corrected chi connectivity index (χ3v) is 3.42. The fraction of sp³-hybridized carbons (Fsp3) is 0.643. The first-order valence-corrected chi connectivity index (χ1v) is 7.14. The summed E-state index contributed by atoms with van der Waals surface area (Å²) < 4.78 is 5.47. The Morgan fingerprint density at radius 3 is 2.85 bits per heavy atom. The summed E-state index contributed by atoms with van der Waals surface area (Å²) in [6, 6.07) is 0.238. The van der Waals surface area contributed by atoms with Crippen molar-refractivity contribution < 1.29 is 14.6 Å². The van der Waals surface area contributed by atoms with E-state index in [0.29, 0.717) is 18.3 Å². The second-order valence-corrected chi connectivity index (χ2v) is 5.02. The summed E-state index contributed by atoms with van der Waals surface area (Å²) in [5.41, 5.74) is 0. The molecule has 0 radical (unpaired) electrons. The second kappa shape index (κ2) is 7.07. The lowest BCUT2D eigenvalue weighted by molar-refractivity contribution is -0.135. The van der Waals surface area contributed by atoms with Crippen molar-refractivity contribution in [1.82, 2.24) is 9.97 Å². The van der Waals surface area contributed by atoms with Gasteiger partial charge in [0.1, 0.15) is 6.54 Å². The molecule has 1 heterocycles. The molecule has 1 aromatic rings. The Balaban J connectivity index is 2.16. The highest BCUT2D eigenvalue weighted by molar-refractivity contribution is 5.73. The van der Waals surface area contributed by atoms with Crippen molar-refractivity contribution in [2.45, 2.75) is 45.1 Å². The Kier molecular flexibility index (Phi) is 5.15. The van der Waals surface area contributed by atoms with Gasteiger partial charge in [-0.3, -0.25) is 9.78 Å². The van der Waals surface area contributed by atoms with Crippen LogP contribution in [0.15, 0.2) is 12.4 Å². The van der Waals surface area contributed by atoms with Crippen LogP contribution in [0.3, 0.4) is 0 Å². The van der Waals surface area contributed by atoms with E-state index in [2.05, 4.69) is 9.97 Å². The molecule has 2 rings (SSSR count). The molecular formula is C14H21N3O3. The van der Waals surface area contributed by atoms with Crippen LogP contribution in [-0.2, 0) is 4.79 Å². The molecule has 0 aromatic carbocycles. The third kappa shape index (κ3) is 3.82. The van der Waals surface area contributed by atoms with Gasteiger partial charge in [0.2, 0.25) is 5.88 Å². The normalized spacial score (nSPS) is 15.2. The first-order valence-electron chi connectivity index (χ1n) is 7.14. The highest BCUT2D eigenvalue weighted by Crippen LogP contribution is 2.27. The molecule has 6 nitrogen and oxygen atoms in total. The highest BCUT2D eigenvalue weighted by atomic mass is 16.5. The van der Waals surface area contributed by atoms with Gasteiger partial charge in [0.05, 0.1) is 19.0 Å². The maximum absolute atomic E-state index is 11.1. The molecule has 0 atom stereocenters. The number of anilines is 1. The van der Waals surface area contributed by atoms with Crippen LogP contribution in [0.25, 0.3) is 0 Å². The van der Waals surface area contributed by atoms with Crippen molar-refractivity contribution in [3.05, 3.63) is 12.4 Å². The summed E-state index contributed by atoms with van der Waals surface area (Å²) in [5, 5.41) is 9.10. The number of carbonyl (C=O) groups is 1. The molecular weight excluding hydrogens is 258 g/mol. The summed E-state index contributed by atoms with van der Waals surface area (Å²) in [6.07, 6.45) is 8.37. The molecule has 0 aliphatic heterocycles. The van der Waals surface area contributed by atoms with E-state index in [4.69, 9.17) is 9.84 Å². The van der Waals surface area contributed by atoms with Gasteiger partial charge in [0.15, 0.2) is 5.82 Å². The van der Waals surface area contributed by atoms with Gasteiger partial charge in [-0.2, -0.15) is 4.98 Å². The lowest BCUT2D eigenvalue weighted by atomic mass is 10.2. The van der Waals surface area contributed by atoms with Gasteiger partial charge in [-0.15, -0.1) is 0 Å². The van der Waals surface area contributed by atoms with Gasteiger partial charge in [0, 0.05) is 6.04 Å². The highest BCUT2D eigenvalue weighted by Gasteiger charge is 2.26. The van der Waals surface area contributed by atoms with Gasteiger partial charge >= 0.3 is 5.97 Å². The predicted octanol–water partition coefficient (Wildman–Crippen LogP) is 2.10. The van der Waals surface area contributed by atoms with Crippen molar-refractivity contribution in [2.24, 2.45) is 0 Å². The fourth-order valence-corrected chi connectivity index (χ4v) is 2.51. The van der Waals surface area contributed by atoms with Crippen LogP contribution in [0.4, 0.5) is 5.82 Å². The number of rotatable bonds is 7. The van der Waals surface area contributed by atoms with Crippen LogP contribution in [0, 0.1) is 0 Å². The number of carboxylic acids is 1. The minimum absolute atomic E-state index is 0.0451. The van der Waals surface area contributed by atoms with E-state index in [1.807, 2.05) is 11.8 Å². The first-order chi connectivity index (χ1) is 9.70. The monoisotopic (exact) mass is 279 g/mol. The molecule has 1 saturated carbocycles. The summed E-state index contributed by atoms with van der Waals surface area (Å²) in [5.74, 6) is 0.198. The molecule has 0 amide bonds. The minimum atomic E-state index is -0.849. The number of hydrogen-bond donors (Lipinski definition) is 1. The average Bonchev–Trinajstić information content (AvgIpc) is 2.96. The van der Waals surface area contributed by atoms with E-state index in [9.17, 15) is 4.79 Å². The molecule has 0 spiro atoms. The Hall–Kier alpha value is -1.85. The molecule has 0 unspecified atom stereocenters. The molecule has 6 heteroatoms. The maximum Gasteiger partial charge on any atom is 0.323 e. The van der Waals surface area contributed by atoms with Crippen LogP contribution in [0.1, 0.15) is 39.0 Å². The van der Waals surface area contributed by atoms with E-state index in [1.54, 1.807) is 12.4 Å². The second-order valence-electron chi connectivity index (χ2n) is 5.02. The molecule has 1 aliphatic carbocycles. The van der Waals surface area contributed by atoms with E-state index in [0.717, 1.165) is 32.1 Å². The van der Waals surface area contributed by atoms with Crippen LogP contribution in [-0.4, -0.2) is 40.2 Å². The standard InChI is InChI=1S/C14H21N3O3/c1-2-7-20-13-9-15-8-12(16-13)17(10-14(18)19)11-5-3-4-6-11/h8-9,11H,2-7,10H2,1H3,(H,18,19). The summed E-state index contributed by atoms with van der Waals surface area (Å²) in [7, 11) is 0. The minimum Gasteiger partial charge on any atom is -0.480 e. The van der Waals surface area contributed by atoms with Gasteiger partial charge in [-0.1, -0.05) is 19.8 Å². The molecule has 1 fully saturated rings. The van der Waals surface area contributed by atoms with Crippen molar-refractivity contribution in [3.8, 4) is 5.88 Å². The third-order valence-electron chi connectivity index (χ3n) is 3.42. The van der Waals surface area contributed by atoms with Crippen molar-refractivity contribution in [2.75, 3.05) is 18.1 Å². The number of hydrogen-bond acceptors (Lipinski definition) is 5. The predicted molar refractivity (Wildman–Crippen MR) is 75.1 cm³/mol. The summed E-state index contributed by atoms with van der Waals surface area (Å²) in [4.78, 5) is 21.4. The summed E-state index contributed by atoms with van der Waals surface area (Å²) >= 11 is 0. The summed E-state index contributed by atoms with van der Waals surface area (Å²) in [6.45, 7) is 2.56. The first kappa shape index (κ1) is 14.6. The number of ether oxygens (including phenoxy) is 1. The number of aliphatic carboxylic acids is 1. The van der Waals surface area contributed by atoms with Crippen LogP contribution in [0.2, 0.25) is 0 Å². The average molecular weight is 279 g/mol. The van der Waals surface area contributed by atoms with Gasteiger partial charge in [0.25, 0.3) is 0 Å². The number of carboxylic acid groups (broad SMARTS) is 1. The zero-order valence-electron chi connectivity index (χ0n) is 11.8. The Morgan fingerprint density at radius 1 is 1.45 bits per heavy atom. The number of nitrogens with zero attached hydrogens (tertiary/aromatic N) is 3. The topological polar surface area (TPSA) is 75.5 Å². The van der Waals surface area contributed by atoms with Crippen molar-refractivity contribution in [1.29, 1.82) is 0 Å². The Labute approximate surface area is 118 Å². The number of aromatic nitrogens is 2. The SMILES string of the molecule is CCCOc1cncc(N(CC(=O)O)C2CCCC2)n1. The molecule has 0 bridgehead atoms. The molecule has 1 aromatic heterocycles. The molecule has 0 saturated heterocycles. The zero-order chi connectivity index (χ0) is 14.4. The zero-order valence-corrected chi connectivity index (χ0v) is 11.8. The van der Waals surface area contributed by atoms with E-state index >= 15 is 0 Å². The molecule has 1 N–H and O–H groups in total. The Bertz CT molecular complexity index is 447. The van der Waals surface area contributed by atoms with Crippen LogP contribution < -0.4 is 9.64 Å². The van der Waals surface area contributed by atoms with Gasteiger partial charge in [-0.25, -0.2) is 0 Å². The van der Waals surface area contributed by atoms with E-state index in [1.165, 1.54) is 0 Å². The maximum atomic E-state index is 11.1. The quantitative estimate of drug-likeness (QED) is 0.823. The lowest BCUT2D eigenvalue weighted by Gasteiger charge is -2.28. The van der Waals surface area contributed by atoms with E-state index < -0.39 is 5.97 Å². The van der Waals surface area contributed by atoms with Gasteiger partial charge < -0.3 is 14.7 Å². The smallest absolute Gasteiger partial charge is 0.323 e. The van der Waals surface area contributed by atoms with Crippen molar-refractivity contribution in [3.63, 3.8) is 0 Å². The van der Waals surface area contributed by atoms with Crippen LogP contribution >= 0.6 is 0 Å². The molecule has 20 heavy (non-hydrogen) atoms. The largest absolute Gasteiger partial charge is 0.480 e.